The van der Waals surface area contributed by atoms with E-state index in [4.69, 9.17) is 0 Å². The minimum absolute atomic E-state index is 0. The first-order valence-corrected chi connectivity index (χ1v) is 7.22. The number of guanidine groups is 1. The highest BCUT2D eigenvalue weighted by atomic mass is 127. The summed E-state index contributed by atoms with van der Waals surface area (Å²) in [6.45, 7) is 8.39. The summed E-state index contributed by atoms with van der Waals surface area (Å²) in [6, 6.07) is 10.8. The molecule has 1 aromatic rings. The van der Waals surface area contributed by atoms with Crippen molar-refractivity contribution in [3.05, 3.63) is 35.9 Å². The van der Waals surface area contributed by atoms with Gasteiger partial charge in [-0.15, -0.1) is 24.0 Å². The van der Waals surface area contributed by atoms with Crippen molar-refractivity contribution in [1.82, 2.24) is 10.6 Å². The molecule has 2 N–H and O–H groups in total. The Kier molecular flexibility index (Phi) is 9.63. The molecule has 0 aliphatic rings. The number of hydrogen-bond acceptors (Lipinski definition) is 1. The molecule has 0 bridgehead atoms. The van der Waals surface area contributed by atoms with Crippen LogP contribution in [-0.4, -0.2) is 26.1 Å². The Morgan fingerprint density at radius 3 is 2.10 bits per heavy atom. The van der Waals surface area contributed by atoms with E-state index in [1.807, 2.05) is 7.05 Å². The lowest BCUT2D eigenvalue weighted by molar-refractivity contribution is 0.389. The van der Waals surface area contributed by atoms with Gasteiger partial charge in [-0.2, -0.15) is 0 Å². The number of halogens is 1. The summed E-state index contributed by atoms with van der Waals surface area (Å²) < 4.78 is 0. The van der Waals surface area contributed by atoms with Gasteiger partial charge in [0.25, 0.3) is 0 Å². The summed E-state index contributed by atoms with van der Waals surface area (Å²) in [6.07, 6.45) is 2.23. The Bertz CT molecular complexity index is 386. The highest BCUT2D eigenvalue weighted by molar-refractivity contribution is 14.0. The van der Waals surface area contributed by atoms with Gasteiger partial charge in [-0.3, -0.25) is 4.99 Å². The Morgan fingerprint density at radius 1 is 1.05 bits per heavy atom. The minimum atomic E-state index is 0. The molecule has 0 unspecified atom stereocenters. The summed E-state index contributed by atoms with van der Waals surface area (Å²) in [7, 11) is 1.81. The van der Waals surface area contributed by atoms with Crippen molar-refractivity contribution >= 4 is 29.9 Å². The first kappa shape index (κ1) is 19.2. The molecule has 0 aliphatic heterocycles. The van der Waals surface area contributed by atoms with Crippen LogP contribution in [-0.2, 0) is 5.41 Å². The quantitative estimate of drug-likeness (QED) is 0.444. The fourth-order valence-electron chi connectivity index (χ4n) is 2.44. The number of rotatable bonds is 6. The largest absolute Gasteiger partial charge is 0.357 e. The maximum absolute atomic E-state index is 4.24. The van der Waals surface area contributed by atoms with Crippen LogP contribution >= 0.6 is 24.0 Å². The molecular weight excluding hydrogens is 361 g/mol. The maximum Gasteiger partial charge on any atom is 0.190 e. The number of nitrogens with one attached hydrogen (secondary N) is 2. The van der Waals surface area contributed by atoms with E-state index in [0.717, 1.165) is 31.9 Å². The summed E-state index contributed by atoms with van der Waals surface area (Å²) in [5.41, 5.74) is 1.58. The highest BCUT2D eigenvalue weighted by Crippen LogP contribution is 2.30. The lowest BCUT2D eigenvalue weighted by Crippen LogP contribution is -2.45. The first-order chi connectivity index (χ1) is 9.22. The average molecular weight is 389 g/mol. The molecule has 0 amide bonds. The Balaban J connectivity index is 0.00000361. The second-order valence-electron chi connectivity index (χ2n) is 4.81. The summed E-state index contributed by atoms with van der Waals surface area (Å²) in [5, 5.41) is 6.69. The van der Waals surface area contributed by atoms with Crippen LogP contribution < -0.4 is 10.6 Å². The second kappa shape index (κ2) is 10.0. The minimum Gasteiger partial charge on any atom is -0.357 e. The molecule has 3 nitrogen and oxygen atoms in total. The first-order valence-electron chi connectivity index (χ1n) is 7.22. The Morgan fingerprint density at radius 2 is 1.65 bits per heavy atom. The van der Waals surface area contributed by atoms with Gasteiger partial charge in [0, 0.05) is 25.6 Å². The van der Waals surface area contributed by atoms with E-state index in [9.17, 15) is 0 Å². The number of nitrogens with zero attached hydrogens (tertiary/aromatic N) is 1. The highest BCUT2D eigenvalue weighted by Gasteiger charge is 2.28. The monoisotopic (exact) mass is 389 g/mol. The predicted molar refractivity (Wildman–Crippen MR) is 99.2 cm³/mol. The van der Waals surface area contributed by atoms with Gasteiger partial charge >= 0.3 is 0 Å². The molecule has 0 radical (unpaired) electrons. The van der Waals surface area contributed by atoms with E-state index >= 15 is 0 Å². The third kappa shape index (κ3) is 4.96. The van der Waals surface area contributed by atoms with E-state index in [2.05, 4.69) is 66.7 Å². The zero-order valence-corrected chi connectivity index (χ0v) is 15.4. The SMILES string of the molecule is CCNC(=NC)NCC(CC)(CC)c1ccccc1.I. The van der Waals surface area contributed by atoms with Crippen LogP contribution in [0.15, 0.2) is 35.3 Å². The van der Waals surface area contributed by atoms with Gasteiger partial charge < -0.3 is 10.6 Å². The number of aliphatic imine (C=N–C) groups is 1. The van der Waals surface area contributed by atoms with Gasteiger partial charge in [0.05, 0.1) is 0 Å². The third-order valence-electron chi connectivity index (χ3n) is 3.90. The van der Waals surface area contributed by atoms with Crippen LogP contribution in [0.1, 0.15) is 39.2 Å². The van der Waals surface area contributed by atoms with Crippen molar-refractivity contribution < 1.29 is 0 Å². The van der Waals surface area contributed by atoms with Crippen LogP contribution in [0.2, 0.25) is 0 Å². The molecule has 0 fully saturated rings. The summed E-state index contributed by atoms with van der Waals surface area (Å²) in [4.78, 5) is 4.24. The van der Waals surface area contributed by atoms with E-state index < -0.39 is 0 Å². The molecule has 114 valence electrons. The molecule has 0 saturated heterocycles. The molecule has 0 saturated carbocycles. The van der Waals surface area contributed by atoms with Crippen LogP contribution in [0.3, 0.4) is 0 Å². The molecule has 1 aromatic carbocycles. The van der Waals surface area contributed by atoms with Crippen molar-refractivity contribution in [2.45, 2.75) is 39.0 Å². The topological polar surface area (TPSA) is 36.4 Å². The smallest absolute Gasteiger partial charge is 0.190 e. The van der Waals surface area contributed by atoms with Crippen molar-refractivity contribution in [3.8, 4) is 0 Å². The zero-order valence-electron chi connectivity index (χ0n) is 13.1. The molecule has 0 atom stereocenters. The Labute approximate surface area is 140 Å². The van der Waals surface area contributed by atoms with Crippen molar-refractivity contribution in [2.24, 2.45) is 4.99 Å². The van der Waals surface area contributed by atoms with Crippen molar-refractivity contribution in [3.63, 3.8) is 0 Å². The van der Waals surface area contributed by atoms with Gasteiger partial charge in [0.15, 0.2) is 5.96 Å². The van der Waals surface area contributed by atoms with Crippen LogP contribution in [0.5, 0.6) is 0 Å². The van der Waals surface area contributed by atoms with Gasteiger partial charge in [-0.25, -0.2) is 0 Å². The molecule has 0 aromatic heterocycles. The normalized spacial score (nSPS) is 11.7. The van der Waals surface area contributed by atoms with Gasteiger partial charge in [-0.1, -0.05) is 44.2 Å². The number of benzene rings is 1. The lowest BCUT2D eigenvalue weighted by Gasteiger charge is -2.33. The summed E-state index contributed by atoms with van der Waals surface area (Å²) >= 11 is 0. The van der Waals surface area contributed by atoms with Gasteiger partial charge in [0.2, 0.25) is 0 Å². The summed E-state index contributed by atoms with van der Waals surface area (Å²) in [5.74, 6) is 0.879. The molecular formula is C16H28IN3. The van der Waals surface area contributed by atoms with Crippen molar-refractivity contribution in [2.75, 3.05) is 20.1 Å². The average Bonchev–Trinajstić information content (AvgIpc) is 2.48. The molecule has 0 heterocycles. The van der Waals surface area contributed by atoms with Gasteiger partial charge in [0.1, 0.15) is 0 Å². The standard InChI is InChI=1S/C16H27N3.HI/c1-5-16(6-2,14-11-9-8-10-12-14)13-19-15(17-4)18-7-3;/h8-12H,5-7,13H2,1-4H3,(H2,17,18,19);1H. The molecule has 0 aliphatic carbocycles. The van der Waals surface area contributed by atoms with Crippen LogP contribution in [0.4, 0.5) is 0 Å². The van der Waals surface area contributed by atoms with E-state index in [1.165, 1.54) is 5.56 Å². The zero-order chi connectivity index (χ0) is 14.1. The van der Waals surface area contributed by atoms with E-state index in [1.54, 1.807) is 0 Å². The molecule has 20 heavy (non-hydrogen) atoms. The lowest BCUT2D eigenvalue weighted by atomic mass is 9.76. The maximum atomic E-state index is 4.24. The van der Waals surface area contributed by atoms with E-state index in [0.29, 0.717) is 0 Å². The molecule has 4 heteroatoms. The van der Waals surface area contributed by atoms with Crippen LogP contribution in [0, 0.1) is 0 Å². The van der Waals surface area contributed by atoms with Crippen LogP contribution in [0.25, 0.3) is 0 Å². The second-order valence-corrected chi connectivity index (χ2v) is 4.81. The predicted octanol–water partition coefficient (Wildman–Crippen LogP) is 3.55. The molecule has 1 rings (SSSR count). The molecule has 0 spiro atoms. The van der Waals surface area contributed by atoms with E-state index in [-0.39, 0.29) is 29.4 Å². The fraction of sp³-hybridized carbons (Fsp3) is 0.562. The third-order valence-corrected chi connectivity index (χ3v) is 3.90. The Hall–Kier alpha value is -0.780. The number of hydrogen-bond donors (Lipinski definition) is 2. The fourth-order valence-corrected chi connectivity index (χ4v) is 2.44. The van der Waals surface area contributed by atoms with Gasteiger partial charge in [-0.05, 0) is 25.3 Å². The van der Waals surface area contributed by atoms with Crippen molar-refractivity contribution in [1.29, 1.82) is 0 Å².